The molecular weight excluding hydrogens is 328 g/mol. The lowest BCUT2D eigenvalue weighted by atomic mass is 10.1. The standard InChI is InChI=1S/C18H13ClN2O3/c1-24-18(23)12-7-3-5-9-15(12)21-17(22)13-10-16(19)20-14-8-4-2-6-11(13)14/h2-10H,1H3,(H,21,22). The molecule has 0 aliphatic carbocycles. The molecule has 5 nitrogen and oxygen atoms in total. The quantitative estimate of drug-likeness (QED) is 0.579. The van der Waals surface area contributed by atoms with Crippen LogP contribution >= 0.6 is 11.6 Å². The Morgan fingerprint density at radius 1 is 1.04 bits per heavy atom. The first kappa shape index (κ1) is 16.0. The van der Waals surface area contributed by atoms with E-state index in [0.29, 0.717) is 22.2 Å². The van der Waals surface area contributed by atoms with Gasteiger partial charge in [-0.2, -0.15) is 0 Å². The summed E-state index contributed by atoms with van der Waals surface area (Å²) in [4.78, 5) is 28.7. The van der Waals surface area contributed by atoms with Crippen molar-refractivity contribution in [2.24, 2.45) is 0 Å². The zero-order chi connectivity index (χ0) is 17.1. The van der Waals surface area contributed by atoms with Crippen molar-refractivity contribution < 1.29 is 14.3 Å². The van der Waals surface area contributed by atoms with Crippen molar-refractivity contribution in [2.75, 3.05) is 12.4 Å². The molecular formula is C18H13ClN2O3. The van der Waals surface area contributed by atoms with Gasteiger partial charge in [-0.25, -0.2) is 9.78 Å². The second-order valence-electron chi connectivity index (χ2n) is 5.00. The summed E-state index contributed by atoms with van der Waals surface area (Å²) in [6, 6.07) is 15.3. The van der Waals surface area contributed by atoms with Crippen LogP contribution < -0.4 is 5.32 Å². The number of hydrogen-bond acceptors (Lipinski definition) is 4. The van der Waals surface area contributed by atoms with E-state index in [1.54, 1.807) is 36.4 Å². The number of hydrogen-bond donors (Lipinski definition) is 1. The predicted octanol–water partition coefficient (Wildman–Crippen LogP) is 3.93. The third-order valence-corrected chi connectivity index (χ3v) is 3.70. The van der Waals surface area contributed by atoms with Crippen LogP contribution in [0.3, 0.4) is 0 Å². The lowest BCUT2D eigenvalue weighted by Crippen LogP contribution is -2.16. The van der Waals surface area contributed by atoms with Gasteiger partial charge in [0.15, 0.2) is 0 Å². The number of amides is 1. The van der Waals surface area contributed by atoms with Crippen molar-refractivity contribution in [3.8, 4) is 0 Å². The Hall–Kier alpha value is -2.92. The number of esters is 1. The maximum absolute atomic E-state index is 12.7. The van der Waals surface area contributed by atoms with E-state index in [-0.39, 0.29) is 16.6 Å². The van der Waals surface area contributed by atoms with Crippen LogP contribution in [0.15, 0.2) is 54.6 Å². The third-order valence-electron chi connectivity index (χ3n) is 3.51. The fourth-order valence-corrected chi connectivity index (χ4v) is 2.60. The molecule has 0 aliphatic rings. The first-order valence-corrected chi connectivity index (χ1v) is 7.52. The fourth-order valence-electron chi connectivity index (χ4n) is 2.40. The first-order valence-electron chi connectivity index (χ1n) is 7.14. The van der Waals surface area contributed by atoms with Crippen LogP contribution in [0.2, 0.25) is 5.15 Å². The summed E-state index contributed by atoms with van der Waals surface area (Å²) in [6.45, 7) is 0. The van der Waals surface area contributed by atoms with E-state index in [4.69, 9.17) is 16.3 Å². The highest BCUT2D eigenvalue weighted by atomic mass is 35.5. The van der Waals surface area contributed by atoms with Gasteiger partial charge in [-0.3, -0.25) is 4.79 Å². The van der Waals surface area contributed by atoms with Gasteiger partial charge < -0.3 is 10.1 Å². The summed E-state index contributed by atoms with van der Waals surface area (Å²) >= 11 is 6.01. The number of methoxy groups -OCH3 is 1. The predicted molar refractivity (Wildman–Crippen MR) is 92.5 cm³/mol. The number of para-hydroxylation sites is 2. The number of benzene rings is 2. The molecule has 1 heterocycles. The molecule has 3 aromatic rings. The third kappa shape index (κ3) is 3.07. The largest absolute Gasteiger partial charge is 0.465 e. The van der Waals surface area contributed by atoms with Crippen molar-refractivity contribution in [1.29, 1.82) is 0 Å². The Morgan fingerprint density at radius 3 is 2.54 bits per heavy atom. The van der Waals surface area contributed by atoms with E-state index < -0.39 is 5.97 Å². The number of anilines is 1. The zero-order valence-electron chi connectivity index (χ0n) is 12.7. The Morgan fingerprint density at radius 2 is 1.75 bits per heavy atom. The van der Waals surface area contributed by atoms with E-state index in [0.717, 1.165) is 0 Å². The van der Waals surface area contributed by atoms with Crippen LogP contribution in [0.4, 0.5) is 5.69 Å². The molecule has 0 fully saturated rings. The SMILES string of the molecule is COC(=O)c1ccccc1NC(=O)c1cc(Cl)nc2ccccc12. The van der Waals surface area contributed by atoms with Crippen LogP contribution in [-0.4, -0.2) is 24.0 Å². The van der Waals surface area contributed by atoms with Crippen LogP contribution in [0, 0.1) is 0 Å². The van der Waals surface area contributed by atoms with Crippen LogP contribution in [0.1, 0.15) is 20.7 Å². The molecule has 6 heteroatoms. The van der Waals surface area contributed by atoms with Gasteiger partial charge in [0.25, 0.3) is 5.91 Å². The summed E-state index contributed by atoms with van der Waals surface area (Å²) < 4.78 is 4.73. The summed E-state index contributed by atoms with van der Waals surface area (Å²) in [5, 5.41) is 3.63. The maximum atomic E-state index is 12.7. The highest BCUT2D eigenvalue weighted by Gasteiger charge is 2.16. The lowest BCUT2D eigenvalue weighted by molar-refractivity contribution is 0.0602. The molecule has 2 aromatic carbocycles. The molecule has 0 spiro atoms. The van der Waals surface area contributed by atoms with E-state index in [9.17, 15) is 9.59 Å². The van der Waals surface area contributed by atoms with Gasteiger partial charge in [-0.05, 0) is 24.3 Å². The van der Waals surface area contributed by atoms with Gasteiger partial charge in [0.05, 0.1) is 29.4 Å². The van der Waals surface area contributed by atoms with E-state index in [2.05, 4.69) is 10.3 Å². The monoisotopic (exact) mass is 340 g/mol. The second-order valence-corrected chi connectivity index (χ2v) is 5.39. The van der Waals surface area contributed by atoms with Gasteiger partial charge >= 0.3 is 5.97 Å². The normalized spacial score (nSPS) is 10.4. The number of pyridine rings is 1. The summed E-state index contributed by atoms with van der Waals surface area (Å²) in [5.74, 6) is -0.907. The molecule has 0 atom stereocenters. The Labute approximate surface area is 143 Å². The number of halogens is 1. The minimum absolute atomic E-state index is 0.222. The highest BCUT2D eigenvalue weighted by Crippen LogP contribution is 2.23. The molecule has 0 radical (unpaired) electrons. The van der Waals surface area contributed by atoms with E-state index in [1.807, 2.05) is 12.1 Å². The van der Waals surface area contributed by atoms with Gasteiger partial charge in [0.1, 0.15) is 5.15 Å². The van der Waals surface area contributed by atoms with Gasteiger partial charge in [0, 0.05) is 5.39 Å². The van der Waals surface area contributed by atoms with Crippen molar-refractivity contribution in [3.63, 3.8) is 0 Å². The summed E-state index contributed by atoms with van der Waals surface area (Å²) in [7, 11) is 1.29. The van der Waals surface area contributed by atoms with Gasteiger partial charge in [-0.1, -0.05) is 41.9 Å². The molecule has 0 saturated heterocycles. The van der Waals surface area contributed by atoms with Crippen LogP contribution in [0.5, 0.6) is 0 Å². The summed E-state index contributed by atoms with van der Waals surface area (Å²) in [6.07, 6.45) is 0. The van der Waals surface area contributed by atoms with E-state index in [1.165, 1.54) is 13.2 Å². The number of rotatable bonds is 3. The molecule has 1 N–H and O–H groups in total. The Kier molecular flexibility index (Phi) is 4.44. The number of aromatic nitrogens is 1. The Bertz CT molecular complexity index is 940. The van der Waals surface area contributed by atoms with Crippen molar-refractivity contribution >= 4 is 40.1 Å². The van der Waals surface area contributed by atoms with Crippen LogP contribution in [0.25, 0.3) is 10.9 Å². The smallest absolute Gasteiger partial charge is 0.339 e. The van der Waals surface area contributed by atoms with Gasteiger partial charge in [0.2, 0.25) is 0 Å². The minimum Gasteiger partial charge on any atom is -0.465 e. The molecule has 0 unspecified atom stereocenters. The molecule has 0 aliphatic heterocycles. The molecule has 120 valence electrons. The first-order chi connectivity index (χ1) is 11.6. The number of nitrogens with zero attached hydrogens (tertiary/aromatic N) is 1. The molecule has 0 saturated carbocycles. The minimum atomic E-state index is -0.525. The molecule has 24 heavy (non-hydrogen) atoms. The topological polar surface area (TPSA) is 68.3 Å². The number of carbonyl (C=O) groups excluding carboxylic acids is 2. The molecule has 1 amide bonds. The number of ether oxygens (including phenoxy) is 1. The maximum Gasteiger partial charge on any atom is 0.339 e. The zero-order valence-corrected chi connectivity index (χ0v) is 13.5. The number of nitrogens with one attached hydrogen (secondary N) is 1. The van der Waals surface area contributed by atoms with Crippen molar-refractivity contribution in [2.45, 2.75) is 0 Å². The highest BCUT2D eigenvalue weighted by molar-refractivity contribution is 6.30. The van der Waals surface area contributed by atoms with Gasteiger partial charge in [-0.15, -0.1) is 0 Å². The fraction of sp³-hybridized carbons (Fsp3) is 0.0556. The Balaban J connectivity index is 2.02. The number of fused-ring (bicyclic) bond motifs is 1. The molecule has 3 rings (SSSR count). The van der Waals surface area contributed by atoms with E-state index >= 15 is 0 Å². The molecule has 0 bridgehead atoms. The number of carbonyl (C=O) groups is 2. The average molecular weight is 341 g/mol. The average Bonchev–Trinajstić information content (AvgIpc) is 2.60. The second kappa shape index (κ2) is 6.68. The molecule has 1 aromatic heterocycles. The summed E-state index contributed by atoms with van der Waals surface area (Å²) in [5.41, 5.74) is 1.64. The van der Waals surface area contributed by atoms with Crippen molar-refractivity contribution in [3.05, 3.63) is 70.9 Å². The van der Waals surface area contributed by atoms with Crippen LogP contribution in [-0.2, 0) is 4.74 Å². The lowest BCUT2D eigenvalue weighted by Gasteiger charge is -2.11. The van der Waals surface area contributed by atoms with Crippen molar-refractivity contribution in [1.82, 2.24) is 4.98 Å².